The van der Waals surface area contributed by atoms with Crippen LogP contribution < -0.4 is 10.6 Å². The zero-order chi connectivity index (χ0) is 13.8. The second kappa shape index (κ2) is 6.62. The van der Waals surface area contributed by atoms with Gasteiger partial charge in [0, 0.05) is 17.8 Å². The number of aryl methyl sites for hydroxylation is 1. The minimum Gasteiger partial charge on any atom is -0.382 e. The second-order valence-corrected chi connectivity index (χ2v) is 6.46. The molecule has 0 spiro atoms. The summed E-state index contributed by atoms with van der Waals surface area (Å²) in [5, 5.41) is 7.57. The predicted molar refractivity (Wildman–Crippen MR) is 86.2 cm³/mol. The van der Waals surface area contributed by atoms with Gasteiger partial charge in [0.05, 0.1) is 0 Å². The molecule has 3 unspecified atom stereocenters. The standard InChI is InChI=1S/C18H28N2/c1-2-14-7-5-8-15(13-14)20-18-10-4-3-9-16(18)17-11-6-12-19-17/h5,7-8,13,16-20H,2-4,6,9-12H2,1H3. The molecule has 20 heavy (non-hydrogen) atoms. The first-order valence-corrected chi connectivity index (χ1v) is 8.45. The Morgan fingerprint density at radius 2 is 2.05 bits per heavy atom. The van der Waals surface area contributed by atoms with Crippen LogP contribution in [0.2, 0.25) is 0 Å². The molecule has 110 valence electrons. The Labute approximate surface area is 123 Å². The van der Waals surface area contributed by atoms with Crippen LogP contribution in [0.5, 0.6) is 0 Å². The van der Waals surface area contributed by atoms with Gasteiger partial charge in [-0.15, -0.1) is 0 Å². The molecule has 2 aliphatic rings. The molecule has 3 atom stereocenters. The third-order valence-corrected chi connectivity index (χ3v) is 5.12. The molecule has 1 aromatic carbocycles. The van der Waals surface area contributed by atoms with Crippen molar-refractivity contribution in [1.29, 1.82) is 0 Å². The van der Waals surface area contributed by atoms with E-state index in [1.54, 1.807) is 0 Å². The van der Waals surface area contributed by atoms with E-state index in [-0.39, 0.29) is 0 Å². The van der Waals surface area contributed by atoms with Gasteiger partial charge in [0.1, 0.15) is 0 Å². The number of nitrogens with one attached hydrogen (secondary N) is 2. The second-order valence-electron chi connectivity index (χ2n) is 6.46. The predicted octanol–water partition coefficient (Wildman–Crippen LogP) is 3.97. The summed E-state index contributed by atoms with van der Waals surface area (Å²) in [4.78, 5) is 0. The lowest BCUT2D eigenvalue weighted by atomic mass is 9.79. The van der Waals surface area contributed by atoms with Gasteiger partial charge in [-0.1, -0.05) is 31.9 Å². The zero-order valence-corrected chi connectivity index (χ0v) is 12.7. The van der Waals surface area contributed by atoms with E-state index in [4.69, 9.17) is 0 Å². The van der Waals surface area contributed by atoms with Gasteiger partial charge in [-0.25, -0.2) is 0 Å². The average Bonchev–Trinajstić information content (AvgIpc) is 3.02. The lowest BCUT2D eigenvalue weighted by Crippen LogP contribution is -2.43. The molecule has 0 radical (unpaired) electrons. The molecular weight excluding hydrogens is 244 g/mol. The molecule has 0 aromatic heterocycles. The highest BCUT2D eigenvalue weighted by Gasteiger charge is 2.33. The van der Waals surface area contributed by atoms with Gasteiger partial charge in [0.25, 0.3) is 0 Å². The summed E-state index contributed by atoms with van der Waals surface area (Å²) in [6, 6.07) is 10.4. The Morgan fingerprint density at radius 1 is 1.15 bits per heavy atom. The summed E-state index contributed by atoms with van der Waals surface area (Å²) in [6.45, 7) is 3.45. The maximum Gasteiger partial charge on any atom is 0.0345 e. The van der Waals surface area contributed by atoms with Crippen molar-refractivity contribution in [2.45, 2.75) is 64.0 Å². The largest absolute Gasteiger partial charge is 0.382 e. The first kappa shape index (κ1) is 13.9. The molecule has 2 heteroatoms. The smallest absolute Gasteiger partial charge is 0.0345 e. The molecule has 2 nitrogen and oxygen atoms in total. The van der Waals surface area contributed by atoms with Crippen molar-refractivity contribution in [3.8, 4) is 0 Å². The van der Waals surface area contributed by atoms with E-state index in [1.165, 1.54) is 56.3 Å². The van der Waals surface area contributed by atoms with Gasteiger partial charge in [-0.2, -0.15) is 0 Å². The quantitative estimate of drug-likeness (QED) is 0.866. The summed E-state index contributed by atoms with van der Waals surface area (Å²) in [6.07, 6.45) is 9.37. The molecule has 1 aliphatic carbocycles. The van der Waals surface area contributed by atoms with Crippen LogP contribution >= 0.6 is 0 Å². The topological polar surface area (TPSA) is 24.1 Å². The molecule has 1 saturated carbocycles. The summed E-state index contributed by atoms with van der Waals surface area (Å²) in [5.41, 5.74) is 2.75. The van der Waals surface area contributed by atoms with E-state index in [0.29, 0.717) is 6.04 Å². The fraction of sp³-hybridized carbons (Fsp3) is 0.667. The van der Waals surface area contributed by atoms with Crippen LogP contribution in [0.1, 0.15) is 51.0 Å². The molecular formula is C18H28N2. The molecule has 1 aliphatic heterocycles. The maximum absolute atomic E-state index is 3.84. The van der Waals surface area contributed by atoms with Gasteiger partial charge in [-0.3, -0.25) is 0 Å². The van der Waals surface area contributed by atoms with Crippen molar-refractivity contribution in [2.24, 2.45) is 5.92 Å². The van der Waals surface area contributed by atoms with Crippen molar-refractivity contribution in [3.05, 3.63) is 29.8 Å². The maximum atomic E-state index is 3.84. The first-order chi connectivity index (χ1) is 9.86. The first-order valence-electron chi connectivity index (χ1n) is 8.45. The molecule has 1 saturated heterocycles. The molecule has 3 rings (SSSR count). The number of benzene rings is 1. The number of rotatable bonds is 4. The lowest BCUT2D eigenvalue weighted by Gasteiger charge is -2.37. The van der Waals surface area contributed by atoms with Crippen LogP contribution in [-0.4, -0.2) is 18.6 Å². The highest BCUT2D eigenvalue weighted by molar-refractivity contribution is 5.46. The summed E-state index contributed by atoms with van der Waals surface area (Å²) < 4.78 is 0. The Balaban J connectivity index is 1.69. The van der Waals surface area contributed by atoms with Crippen LogP contribution in [0, 0.1) is 5.92 Å². The molecule has 0 bridgehead atoms. The van der Waals surface area contributed by atoms with Crippen molar-refractivity contribution >= 4 is 5.69 Å². The number of hydrogen-bond acceptors (Lipinski definition) is 2. The third-order valence-electron chi connectivity index (χ3n) is 5.12. The van der Waals surface area contributed by atoms with E-state index in [9.17, 15) is 0 Å². The minimum absolute atomic E-state index is 0.659. The fourth-order valence-corrected chi connectivity index (χ4v) is 3.99. The van der Waals surface area contributed by atoms with Crippen molar-refractivity contribution in [3.63, 3.8) is 0 Å². The van der Waals surface area contributed by atoms with Crippen LogP contribution in [0.4, 0.5) is 5.69 Å². The molecule has 0 amide bonds. The Bertz CT molecular complexity index is 423. The average molecular weight is 272 g/mol. The number of hydrogen-bond donors (Lipinski definition) is 2. The molecule has 1 heterocycles. The SMILES string of the molecule is CCc1cccc(NC2CCCCC2C2CCCN2)c1. The highest BCUT2D eigenvalue weighted by Crippen LogP contribution is 2.32. The van der Waals surface area contributed by atoms with E-state index in [0.717, 1.165) is 18.4 Å². The molecule has 1 aromatic rings. The van der Waals surface area contributed by atoms with Gasteiger partial charge in [-0.05, 0) is 62.3 Å². The third kappa shape index (κ3) is 3.17. The van der Waals surface area contributed by atoms with Crippen LogP contribution in [-0.2, 0) is 6.42 Å². The number of anilines is 1. The fourth-order valence-electron chi connectivity index (χ4n) is 3.99. The zero-order valence-electron chi connectivity index (χ0n) is 12.7. The normalized spacial score (nSPS) is 30.4. The minimum atomic E-state index is 0.659. The Morgan fingerprint density at radius 3 is 2.85 bits per heavy atom. The highest BCUT2D eigenvalue weighted by atomic mass is 15.0. The van der Waals surface area contributed by atoms with E-state index < -0.39 is 0 Å². The van der Waals surface area contributed by atoms with E-state index in [1.807, 2.05) is 0 Å². The summed E-state index contributed by atoms with van der Waals surface area (Å²) in [5.74, 6) is 0.816. The summed E-state index contributed by atoms with van der Waals surface area (Å²) in [7, 11) is 0. The molecule has 2 fully saturated rings. The van der Waals surface area contributed by atoms with Crippen LogP contribution in [0.25, 0.3) is 0 Å². The lowest BCUT2D eigenvalue weighted by molar-refractivity contribution is 0.263. The van der Waals surface area contributed by atoms with Gasteiger partial charge < -0.3 is 10.6 Å². The van der Waals surface area contributed by atoms with Crippen LogP contribution in [0.15, 0.2) is 24.3 Å². The summed E-state index contributed by atoms with van der Waals surface area (Å²) >= 11 is 0. The Hall–Kier alpha value is -1.02. The van der Waals surface area contributed by atoms with Gasteiger partial charge >= 0.3 is 0 Å². The van der Waals surface area contributed by atoms with Gasteiger partial charge in [0.15, 0.2) is 0 Å². The van der Waals surface area contributed by atoms with E-state index >= 15 is 0 Å². The molecule has 2 N–H and O–H groups in total. The van der Waals surface area contributed by atoms with Crippen molar-refractivity contribution in [1.82, 2.24) is 5.32 Å². The monoisotopic (exact) mass is 272 g/mol. The van der Waals surface area contributed by atoms with Crippen molar-refractivity contribution in [2.75, 3.05) is 11.9 Å². The van der Waals surface area contributed by atoms with Gasteiger partial charge in [0.2, 0.25) is 0 Å². The van der Waals surface area contributed by atoms with Crippen molar-refractivity contribution < 1.29 is 0 Å². The van der Waals surface area contributed by atoms with Crippen LogP contribution in [0.3, 0.4) is 0 Å². The van der Waals surface area contributed by atoms with E-state index in [2.05, 4.69) is 41.8 Å². The Kier molecular flexibility index (Phi) is 4.62.